The molecule has 0 aliphatic rings. The van der Waals surface area contributed by atoms with E-state index in [1.165, 1.54) is 18.2 Å². The van der Waals surface area contributed by atoms with Crippen molar-refractivity contribution in [2.45, 2.75) is 6.92 Å². The summed E-state index contributed by atoms with van der Waals surface area (Å²) in [6.45, 7) is 1.70. The molecule has 5 nitrogen and oxygen atoms in total. The van der Waals surface area contributed by atoms with Crippen molar-refractivity contribution in [3.05, 3.63) is 96.2 Å². The van der Waals surface area contributed by atoms with Crippen molar-refractivity contribution in [1.29, 1.82) is 0 Å². The molecule has 31 heavy (non-hydrogen) atoms. The molecule has 3 aromatic carbocycles. The molecule has 0 saturated carbocycles. The van der Waals surface area contributed by atoms with E-state index >= 15 is 0 Å². The molecule has 2 aromatic heterocycles. The fourth-order valence-corrected chi connectivity index (χ4v) is 3.22. The van der Waals surface area contributed by atoms with Crippen LogP contribution in [0.1, 0.15) is 5.56 Å². The highest BCUT2D eigenvalue weighted by molar-refractivity contribution is 5.87. The fourth-order valence-electron chi connectivity index (χ4n) is 3.22. The smallest absolute Gasteiger partial charge is 0.136 e. The Morgan fingerprint density at radius 3 is 2.52 bits per heavy atom. The van der Waals surface area contributed by atoms with Gasteiger partial charge >= 0.3 is 0 Å². The SMILES string of the molecule is Cc1ccc(Oc2cccc3nc(-c4cn(-c5ccc(F)cc5)nn4)ccc23)cc1F. The lowest BCUT2D eigenvalue weighted by Gasteiger charge is -2.10. The lowest BCUT2D eigenvalue weighted by atomic mass is 10.1. The third kappa shape index (κ3) is 3.73. The second kappa shape index (κ2) is 7.60. The van der Waals surface area contributed by atoms with Crippen LogP contribution in [0, 0.1) is 18.6 Å². The molecule has 0 unspecified atom stereocenters. The highest BCUT2D eigenvalue weighted by Crippen LogP contribution is 2.31. The summed E-state index contributed by atoms with van der Waals surface area (Å²) in [7, 11) is 0. The number of halogens is 2. The number of nitrogens with zero attached hydrogens (tertiary/aromatic N) is 4. The van der Waals surface area contributed by atoms with E-state index in [4.69, 9.17) is 4.74 Å². The zero-order chi connectivity index (χ0) is 21.4. The van der Waals surface area contributed by atoms with Gasteiger partial charge in [0.25, 0.3) is 0 Å². The number of rotatable bonds is 4. The molecule has 0 aliphatic carbocycles. The third-order valence-electron chi connectivity index (χ3n) is 4.91. The molecule has 7 heteroatoms. The minimum Gasteiger partial charge on any atom is -0.457 e. The number of hydrogen-bond acceptors (Lipinski definition) is 4. The largest absolute Gasteiger partial charge is 0.457 e. The number of fused-ring (bicyclic) bond motifs is 1. The van der Waals surface area contributed by atoms with Gasteiger partial charge in [0.1, 0.15) is 28.8 Å². The average Bonchev–Trinajstić information content (AvgIpc) is 3.27. The first-order valence-electron chi connectivity index (χ1n) is 9.59. The Balaban J connectivity index is 1.47. The van der Waals surface area contributed by atoms with E-state index in [0.717, 1.165) is 5.39 Å². The van der Waals surface area contributed by atoms with Crippen LogP contribution in [0.25, 0.3) is 28.0 Å². The van der Waals surface area contributed by atoms with E-state index in [1.807, 2.05) is 30.3 Å². The Morgan fingerprint density at radius 1 is 0.871 bits per heavy atom. The minimum absolute atomic E-state index is 0.313. The lowest BCUT2D eigenvalue weighted by molar-refractivity contribution is 0.481. The first kappa shape index (κ1) is 18.9. The Bertz CT molecular complexity index is 1400. The molecule has 0 fully saturated rings. The molecule has 0 atom stereocenters. The summed E-state index contributed by atoms with van der Waals surface area (Å²) in [5.41, 5.74) is 3.18. The second-order valence-corrected chi connectivity index (χ2v) is 7.06. The van der Waals surface area contributed by atoms with Crippen LogP contribution in [0.15, 0.2) is 79.0 Å². The predicted molar refractivity (Wildman–Crippen MR) is 113 cm³/mol. The Morgan fingerprint density at radius 2 is 1.71 bits per heavy atom. The van der Waals surface area contributed by atoms with Crippen molar-refractivity contribution in [2.75, 3.05) is 0 Å². The quantitative estimate of drug-likeness (QED) is 0.370. The minimum atomic E-state index is -0.317. The summed E-state index contributed by atoms with van der Waals surface area (Å²) in [5, 5.41) is 9.08. The van der Waals surface area contributed by atoms with Crippen LogP contribution in [0.3, 0.4) is 0 Å². The number of aryl methyl sites for hydroxylation is 1. The number of aromatic nitrogens is 4. The van der Waals surface area contributed by atoms with Gasteiger partial charge in [-0.1, -0.05) is 17.3 Å². The molecule has 0 saturated heterocycles. The van der Waals surface area contributed by atoms with Crippen LogP contribution >= 0.6 is 0 Å². The molecule has 0 spiro atoms. The van der Waals surface area contributed by atoms with Gasteiger partial charge in [-0.15, -0.1) is 5.10 Å². The summed E-state index contributed by atoms with van der Waals surface area (Å²) in [6, 6.07) is 20.0. The van der Waals surface area contributed by atoms with Crippen LogP contribution in [0.2, 0.25) is 0 Å². The van der Waals surface area contributed by atoms with Crippen LogP contribution in [0.5, 0.6) is 11.5 Å². The maximum atomic E-state index is 13.9. The van der Waals surface area contributed by atoms with Gasteiger partial charge in [0, 0.05) is 11.5 Å². The molecule has 0 bridgehead atoms. The molecule has 5 rings (SSSR count). The van der Waals surface area contributed by atoms with E-state index in [1.54, 1.807) is 42.1 Å². The van der Waals surface area contributed by atoms with Crippen molar-refractivity contribution in [3.8, 4) is 28.6 Å². The van der Waals surface area contributed by atoms with E-state index < -0.39 is 0 Å². The number of ether oxygens (including phenoxy) is 1. The third-order valence-corrected chi connectivity index (χ3v) is 4.91. The summed E-state index contributed by atoms with van der Waals surface area (Å²) < 4.78 is 34.5. The maximum Gasteiger partial charge on any atom is 0.136 e. The highest BCUT2D eigenvalue weighted by atomic mass is 19.1. The lowest BCUT2D eigenvalue weighted by Crippen LogP contribution is -1.94. The van der Waals surface area contributed by atoms with E-state index in [2.05, 4.69) is 15.3 Å². The van der Waals surface area contributed by atoms with Gasteiger partial charge < -0.3 is 4.74 Å². The van der Waals surface area contributed by atoms with Gasteiger partial charge in [0.05, 0.1) is 23.1 Å². The zero-order valence-electron chi connectivity index (χ0n) is 16.5. The fraction of sp³-hybridized carbons (Fsp3) is 0.0417. The molecular formula is C24H16F2N4O. The van der Waals surface area contributed by atoms with Gasteiger partial charge in [0.15, 0.2) is 0 Å². The molecule has 0 N–H and O–H groups in total. The number of benzene rings is 3. The van der Waals surface area contributed by atoms with Gasteiger partial charge in [-0.3, -0.25) is 0 Å². The maximum absolute atomic E-state index is 13.9. The molecule has 0 amide bonds. The molecule has 0 radical (unpaired) electrons. The van der Waals surface area contributed by atoms with Gasteiger partial charge in [-0.25, -0.2) is 18.4 Å². The monoisotopic (exact) mass is 414 g/mol. The van der Waals surface area contributed by atoms with Crippen molar-refractivity contribution >= 4 is 10.9 Å². The average molecular weight is 414 g/mol. The second-order valence-electron chi connectivity index (χ2n) is 7.06. The summed E-state index contributed by atoms with van der Waals surface area (Å²) in [5.74, 6) is 0.366. The highest BCUT2D eigenvalue weighted by Gasteiger charge is 2.11. The summed E-state index contributed by atoms with van der Waals surface area (Å²) >= 11 is 0. The molecule has 5 aromatic rings. The summed E-state index contributed by atoms with van der Waals surface area (Å²) in [4.78, 5) is 4.67. The van der Waals surface area contributed by atoms with Gasteiger partial charge in [0.2, 0.25) is 0 Å². The summed E-state index contributed by atoms with van der Waals surface area (Å²) in [6.07, 6.45) is 1.73. The Kier molecular flexibility index (Phi) is 4.63. The van der Waals surface area contributed by atoms with Crippen LogP contribution in [-0.2, 0) is 0 Å². The van der Waals surface area contributed by atoms with E-state index in [9.17, 15) is 8.78 Å². The van der Waals surface area contributed by atoms with Crippen molar-refractivity contribution in [1.82, 2.24) is 20.0 Å². The zero-order valence-corrected chi connectivity index (χ0v) is 16.5. The first-order chi connectivity index (χ1) is 15.1. The Hall–Kier alpha value is -4.13. The molecule has 2 heterocycles. The predicted octanol–water partition coefficient (Wildman–Crippen LogP) is 5.86. The van der Waals surface area contributed by atoms with Gasteiger partial charge in [-0.05, 0) is 67.1 Å². The number of hydrogen-bond donors (Lipinski definition) is 0. The molecule has 152 valence electrons. The Labute approximate surface area is 176 Å². The topological polar surface area (TPSA) is 52.8 Å². The van der Waals surface area contributed by atoms with Crippen molar-refractivity contribution in [2.24, 2.45) is 0 Å². The normalized spacial score (nSPS) is 11.1. The van der Waals surface area contributed by atoms with Crippen LogP contribution in [-0.4, -0.2) is 20.0 Å². The standard InChI is InChI=1S/C24H16F2N4O/c1-15-5-10-18(13-20(15)26)31-24-4-2-3-21-19(24)11-12-22(27-21)23-14-30(29-28-23)17-8-6-16(25)7-9-17/h2-14H,1H3. The molecular weight excluding hydrogens is 398 g/mol. The van der Waals surface area contributed by atoms with E-state index in [0.29, 0.717) is 39.7 Å². The number of pyridine rings is 1. The van der Waals surface area contributed by atoms with Crippen LogP contribution in [0.4, 0.5) is 8.78 Å². The van der Waals surface area contributed by atoms with Gasteiger partial charge in [-0.2, -0.15) is 0 Å². The first-order valence-corrected chi connectivity index (χ1v) is 9.59. The van der Waals surface area contributed by atoms with Crippen molar-refractivity contribution < 1.29 is 13.5 Å². The molecule has 0 aliphatic heterocycles. The van der Waals surface area contributed by atoms with E-state index in [-0.39, 0.29) is 11.6 Å². The van der Waals surface area contributed by atoms with Crippen molar-refractivity contribution in [3.63, 3.8) is 0 Å². The van der Waals surface area contributed by atoms with Crippen LogP contribution < -0.4 is 4.74 Å².